The summed E-state index contributed by atoms with van der Waals surface area (Å²) in [5, 5.41) is 4.15. The Morgan fingerprint density at radius 1 is 1.12 bits per heavy atom. The van der Waals surface area contributed by atoms with E-state index in [0.29, 0.717) is 24.4 Å². The number of hydrogen-bond acceptors (Lipinski definition) is 4. The fraction of sp³-hybridized carbons (Fsp3) is 0.375. The molecule has 1 unspecified atom stereocenters. The summed E-state index contributed by atoms with van der Waals surface area (Å²) in [6, 6.07) is 16.6. The lowest BCUT2D eigenvalue weighted by Crippen LogP contribution is -2.51. The minimum absolute atomic E-state index is 0.0297. The number of nitrogens with zero attached hydrogens (tertiary/aromatic N) is 2. The van der Waals surface area contributed by atoms with Gasteiger partial charge in [0.1, 0.15) is 5.54 Å². The Morgan fingerprint density at radius 2 is 1.81 bits per heavy atom. The SMILES string of the molecule is CC(C)N(CC(=O)NN1C(=O)NC(C)(CCc2ccccc2)C1=O)Cc1cccc(Cl)c1. The van der Waals surface area contributed by atoms with Crippen LogP contribution in [0.3, 0.4) is 0 Å². The Hall–Kier alpha value is -2.90. The summed E-state index contributed by atoms with van der Waals surface area (Å²) in [4.78, 5) is 40.0. The molecule has 7 nitrogen and oxygen atoms in total. The number of rotatable bonds is 9. The molecule has 0 aromatic heterocycles. The highest BCUT2D eigenvalue weighted by Crippen LogP contribution is 2.22. The number of carbonyl (C=O) groups excluding carboxylic acids is 3. The van der Waals surface area contributed by atoms with Crippen molar-refractivity contribution in [3.63, 3.8) is 0 Å². The second-order valence-corrected chi connectivity index (χ2v) is 8.99. The van der Waals surface area contributed by atoms with Gasteiger partial charge in [0.2, 0.25) is 0 Å². The van der Waals surface area contributed by atoms with Crippen molar-refractivity contribution in [1.82, 2.24) is 20.7 Å². The molecule has 1 atom stereocenters. The standard InChI is InChI=1S/C24H29ClN4O3/c1-17(2)28(15-19-10-7-11-20(25)14-19)16-21(30)27-29-22(31)24(3,26-23(29)32)13-12-18-8-5-4-6-9-18/h4-11,14,17H,12-13,15-16H2,1-3H3,(H,26,32)(H,27,30). The maximum Gasteiger partial charge on any atom is 0.344 e. The molecule has 1 fully saturated rings. The number of hydrogen-bond donors (Lipinski definition) is 2. The second kappa shape index (κ2) is 10.1. The molecular formula is C24H29ClN4O3. The number of benzene rings is 2. The lowest BCUT2D eigenvalue weighted by molar-refractivity contribution is -0.139. The maximum atomic E-state index is 12.9. The monoisotopic (exact) mass is 456 g/mol. The van der Waals surface area contributed by atoms with E-state index in [2.05, 4.69) is 10.7 Å². The van der Waals surface area contributed by atoms with E-state index in [1.54, 1.807) is 13.0 Å². The summed E-state index contributed by atoms with van der Waals surface area (Å²) in [7, 11) is 0. The Balaban J connectivity index is 1.60. The van der Waals surface area contributed by atoms with E-state index >= 15 is 0 Å². The van der Waals surface area contributed by atoms with E-state index in [0.717, 1.165) is 16.1 Å². The molecule has 0 spiro atoms. The van der Waals surface area contributed by atoms with Crippen molar-refractivity contribution in [2.75, 3.05) is 6.54 Å². The molecule has 3 rings (SSSR count). The van der Waals surface area contributed by atoms with Gasteiger partial charge in [0.25, 0.3) is 11.8 Å². The summed E-state index contributed by atoms with van der Waals surface area (Å²) in [6.45, 7) is 6.18. The molecule has 1 heterocycles. The van der Waals surface area contributed by atoms with Gasteiger partial charge < -0.3 is 5.32 Å². The largest absolute Gasteiger partial charge is 0.344 e. The summed E-state index contributed by atoms with van der Waals surface area (Å²) >= 11 is 6.06. The van der Waals surface area contributed by atoms with Gasteiger partial charge in [0.15, 0.2) is 0 Å². The molecule has 0 aliphatic carbocycles. The third kappa shape index (κ3) is 5.87. The molecule has 0 bridgehead atoms. The van der Waals surface area contributed by atoms with Crippen LogP contribution >= 0.6 is 11.6 Å². The van der Waals surface area contributed by atoms with Gasteiger partial charge in [-0.05, 0) is 56.9 Å². The number of aryl methyl sites for hydroxylation is 1. The van der Waals surface area contributed by atoms with Crippen LogP contribution in [-0.4, -0.2) is 45.9 Å². The van der Waals surface area contributed by atoms with Gasteiger partial charge in [-0.3, -0.25) is 19.9 Å². The summed E-state index contributed by atoms with van der Waals surface area (Å²) in [5.74, 6) is -0.894. The van der Waals surface area contributed by atoms with Crippen LogP contribution in [0.4, 0.5) is 4.79 Å². The fourth-order valence-electron chi connectivity index (χ4n) is 3.63. The molecule has 170 valence electrons. The number of hydrazine groups is 1. The number of imide groups is 1. The topological polar surface area (TPSA) is 81.8 Å². The van der Waals surface area contributed by atoms with Crippen LogP contribution in [0.5, 0.6) is 0 Å². The van der Waals surface area contributed by atoms with Gasteiger partial charge in [-0.1, -0.05) is 54.1 Å². The lowest BCUT2D eigenvalue weighted by Gasteiger charge is -2.27. The zero-order chi connectivity index (χ0) is 23.3. The molecule has 0 radical (unpaired) electrons. The molecule has 1 aliphatic rings. The smallest absolute Gasteiger partial charge is 0.322 e. The molecule has 2 aromatic rings. The Bertz CT molecular complexity index is 982. The average Bonchev–Trinajstić information content (AvgIpc) is 2.96. The van der Waals surface area contributed by atoms with Gasteiger partial charge in [0, 0.05) is 17.6 Å². The first-order valence-corrected chi connectivity index (χ1v) is 11.0. The van der Waals surface area contributed by atoms with Crippen LogP contribution in [0.25, 0.3) is 0 Å². The van der Waals surface area contributed by atoms with Crippen molar-refractivity contribution in [2.45, 2.75) is 51.7 Å². The molecule has 1 saturated heterocycles. The van der Waals surface area contributed by atoms with Gasteiger partial charge in [-0.15, -0.1) is 0 Å². The normalized spacial score (nSPS) is 18.4. The lowest BCUT2D eigenvalue weighted by atomic mass is 9.93. The van der Waals surface area contributed by atoms with E-state index in [9.17, 15) is 14.4 Å². The van der Waals surface area contributed by atoms with Crippen LogP contribution in [0.1, 0.15) is 38.3 Å². The highest BCUT2D eigenvalue weighted by atomic mass is 35.5. The molecule has 2 N–H and O–H groups in total. The van der Waals surface area contributed by atoms with Gasteiger partial charge in [0.05, 0.1) is 6.54 Å². The number of carbonyl (C=O) groups is 3. The minimum atomic E-state index is -1.07. The third-order valence-electron chi connectivity index (χ3n) is 5.61. The van der Waals surface area contributed by atoms with Crippen molar-refractivity contribution < 1.29 is 14.4 Å². The predicted molar refractivity (Wildman–Crippen MR) is 124 cm³/mol. The fourth-order valence-corrected chi connectivity index (χ4v) is 3.84. The Labute approximate surface area is 193 Å². The van der Waals surface area contributed by atoms with Crippen LogP contribution in [0, 0.1) is 0 Å². The zero-order valence-corrected chi connectivity index (χ0v) is 19.4. The summed E-state index contributed by atoms with van der Waals surface area (Å²) < 4.78 is 0. The first-order valence-electron chi connectivity index (χ1n) is 10.7. The molecule has 8 heteroatoms. The number of urea groups is 1. The van der Waals surface area contributed by atoms with E-state index < -0.39 is 23.4 Å². The van der Waals surface area contributed by atoms with Gasteiger partial charge >= 0.3 is 6.03 Å². The average molecular weight is 457 g/mol. The molecule has 32 heavy (non-hydrogen) atoms. The first-order chi connectivity index (χ1) is 15.2. The van der Waals surface area contributed by atoms with Crippen LogP contribution < -0.4 is 10.7 Å². The van der Waals surface area contributed by atoms with E-state index in [1.807, 2.05) is 67.3 Å². The molecule has 0 saturated carbocycles. The minimum Gasteiger partial charge on any atom is -0.322 e. The first kappa shape index (κ1) is 23.8. The van der Waals surface area contributed by atoms with Crippen LogP contribution in [0.2, 0.25) is 5.02 Å². The van der Waals surface area contributed by atoms with Crippen molar-refractivity contribution in [3.8, 4) is 0 Å². The molecular weight excluding hydrogens is 428 g/mol. The maximum absolute atomic E-state index is 12.9. The number of halogens is 1. The molecule has 1 aliphatic heterocycles. The van der Waals surface area contributed by atoms with Gasteiger partial charge in [-0.25, -0.2) is 4.79 Å². The van der Waals surface area contributed by atoms with E-state index in [1.165, 1.54) is 0 Å². The Kier molecular flexibility index (Phi) is 7.53. The number of amides is 4. The Morgan fingerprint density at radius 3 is 2.47 bits per heavy atom. The highest BCUT2D eigenvalue weighted by molar-refractivity contribution is 6.30. The van der Waals surface area contributed by atoms with E-state index in [-0.39, 0.29) is 12.6 Å². The van der Waals surface area contributed by atoms with Gasteiger partial charge in [-0.2, -0.15) is 5.01 Å². The summed E-state index contributed by atoms with van der Waals surface area (Å²) in [5.41, 5.74) is 3.46. The van der Waals surface area contributed by atoms with Crippen molar-refractivity contribution in [1.29, 1.82) is 0 Å². The van der Waals surface area contributed by atoms with Crippen LogP contribution in [-0.2, 0) is 22.6 Å². The van der Waals surface area contributed by atoms with E-state index in [4.69, 9.17) is 11.6 Å². The van der Waals surface area contributed by atoms with Crippen LogP contribution in [0.15, 0.2) is 54.6 Å². The predicted octanol–water partition coefficient (Wildman–Crippen LogP) is 3.52. The zero-order valence-electron chi connectivity index (χ0n) is 18.6. The molecule has 2 aromatic carbocycles. The summed E-state index contributed by atoms with van der Waals surface area (Å²) in [6.07, 6.45) is 1.06. The quantitative estimate of drug-likeness (QED) is 0.565. The second-order valence-electron chi connectivity index (χ2n) is 8.55. The molecule has 4 amide bonds. The number of nitrogens with one attached hydrogen (secondary N) is 2. The van der Waals surface area contributed by atoms with Crippen molar-refractivity contribution in [3.05, 3.63) is 70.7 Å². The van der Waals surface area contributed by atoms with Crippen molar-refractivity contribution in [2.24, 2.45) is 0 Å². The third-order valence-corrected chi connectivity index (χ3v) is 5.84. The highest BCUT2D eigenvalue weighted by Gasteiger charge is 2.48. The van der Waals surface area contributed by atoms with Crippen molar-refractivity contribution >= 4 is 29.4 Å².